The fraction of sp³-hybridized carbons (Fsp3) is 0.231. The summed E-state index contributed by atoms with van der Waals surface area (Å²) in [6, 6.07) is 7.83. The van der Waals surface area contributed by atoms with Crippen LogP contribution in [-0.4, -0.2) is 15.6 Å². The molecule has 17 heavy (non-hydrogen) atoms. The minimum atomic E-state index is 0.205. The molecule has 88 valence electrons. The van der Waals surface area contributed by atoms with Crippen LogP contribution in [0, 0.1) is 0 Å². The van der Waals surface area contributed by atoms with Crippen molar-refractivity contribution in [1.29, 1.82) is 0 Å². The van der Waals surface area contributed by atoms with Gasteiger partial charge < -0.3 is 0 Å². The zero-order chi connectivity index (χ0) is 12.3. The smallest absolute Gasteiger partial charge is 0.141 e. The van der Waals surface area contributed by atoms with Gasteiger partial charge in [0, 0.05) is 30.6 Å². The van der Waals surface area contributed by atoms with E-state index in [4.69, 9.17) is 0 Å². The molecule has 0 saturated carbocycles. The average molecular weight is 293 g/mol. The molecule has 2 aromatic rings. The molecular formula is C13H13BrN2O. The minimum Gasteiger partial charge on any atom is -0.299 e. The highest BCUT2D eigenvalue weighted by Crippen LogP contribution is 2.13. The molecule has 4 heteroatoms. The van der Waals surface area contributed by atoms with Gasteiger partial charge in [0.15, 0.2) is 0 Å². The lowest BCUT2D eigenvalue weighted by Gasteiger charge is -2.00. The second-order valence-corrected chi connectivity index (χ2v) is 4.96. The molecule has 2 rings (SSSR count). The van der Waals surface area contributed by atoms with E-state index in [1.54, 1.807) is 10.9 Å². The molecule has 0 amide bonds. The van der Waals surface area contributed by atoms with Gasteiger partial charge in [-0.2, -0.15) is 5.10 Å². The summed E-state index contributed by atoms with van der Waals surface area (Å²) in [5.74, 6) is 0.205. The molecule has 0 radical (unpaired) electrons. The number of hydrogen-bond acceptors (Lipinski definition) is 2. The van der Waals surface area contributed by atoms with Crippen LogP contribution in [0.2, 0.25) is 0 Å². The molecule has 3 nitrogen and oxygen atoms in total. The van der Waals surface area contributed by atoms with Crippen molar-refractivity contribution in [3.63, 3.8) is 0 Å². The number of nitrogens with zero attached hydrogens (tertiary/aromatic N) is 2. The topological polar surface area (TPSA) is 34.9 Å². The Morgan fingerprint density at radius 1 is 1.35 bits per heavy atom. The Hall–Kier alpha value is -1.42. The lowest BCUT2D eigenvalue weighted by molar-refractivity contribution is -0.117. The standard InChI is InChI=1S/C13H13BrN2O/c1-16-9-11(8-15-16)7-13(17)6-10-3-2-4-12(14)5-10/h2-5,8-9H,6-7H2,1H3. The van der Waals surface area contributed by atoms with E-state index < -0.39 is 0 Å². The molecule has 0 bridgehead atoms. The van der Waals surface area contributed by atoms with Crippen molar-refractivity contribution in [3.8, 4) is 0 Å². The van der Waals surface area contributed by atoms with Crippen LogP contribution in [0.25, 0.3) is 0 Å². The van der Waals surface area contributed by atoms with Gasteiger partial charge in [-0.25, -0.2) is 0 Å². The Bertz CT molecular complexity index is 534. The van der Waals surface area contributed by atoms with E-state index in [-0.39, 0.29) is 5.78 Å². The van der Waals surface area contributed by atoms with E-state index in [9.17, 15) is 4.79 Å². The first kappa shape index (κ1) is 12.0. The molecule has 1 aromatic carbocycles. The van der Waals surface area contributed by atoms with Crippen molar-refractivity contribution < 1.29 is 4.79 Å². The predicted molar refractivity (Wildman–Crippen MR) is 69.8 cm³/mol. The maximum absolute atomic E-state index is 11.9. The lowest BCUT2D eigenvalue weighted by Crippen LogP contribution is -2.06. The third-order valence-electron chi connectivity index (χ3n) is 2.45. The van der Waals surface area contributed by atoms with Crippen molar-refractivity contribution in [2.24, 2.45) is 7.05 Å². The van der Waals surface area contributed by atoms with Crippen LogP contribution in [0.3, 0.4) is 0 Å². The van der Waals surface area contributed by atoms with Crippen LogP contribution in [0.4, 0.5) is 0 Å². The van der Waals surface area contributed by atoms with Crippen molar-refractivity contribution >= 4 is 21.7 Å². The Kier molecular flexibility index (Phi) is 3.74. The van der Waals surface area contributed by atoms with Crippen LogP contribution in [0.15, 0.2) is 41.1 Å². The monoisotopic (exact) mass is 292 g/mol. The zero-order valence-corrected chi connectivity index (χ0v) is 11.1. The van der Waals surface area contributed by atoms with Gasteiger partial charge >= 0.3 is 0 Å². The number of carbonyl (C=O) groups excluding carboxylic acids is 1. The second-order valence-electron chi connectivity index (χ2n) is 4.04. The average Bonchev–Trinajstić information content (AvgIpc) is 2.63. The highest BCUT2D eigenvalue weighted by atomic mass is 79.9. The number of hydrogen-bond donors (Lipinski definition) is 0. The van der Waals surface area contributed by atoms with Crippen LogP contribution < -0.4 is 0 Å². The number of benzene rings is 1. The van der Waals surface area contributed by atoms with E-state index in [1.807, 2.05) is 37.5 Å². The molecule has 0 N–H and O–H groups in total. The van der Waals surface area contributed by atoms with Gasteiger partial charge in [0.25, 0.3) is 0 Å². The van der Waals surface area contributed by atoms with Gasteiger partial charge in [-0.1, -0.05) is 28.1 Å². The molecule has 0 aliphatic carbocycles. The van der Waals surface area contributed by atoms with Gasteiger partial charge in [-0.05, 0) is 23.3 Å². The predicted octanol–water partition coefficient (Wildman–Crippen LogP) is 2.54. The Morgan fingerprint density at radius 3 is 2.76 bits per heavy atom. The number of aromatic nitrogens is 2. The summed E-state index contributed by atoms with van der Waals surface area (Å²) < 4.78 is 2.71. The van der Waals surface area contributed by atoms with E-state index in [0.29, 0.717) is 12.8 Å². The van der Waals surface area contributed by atoms with E-state index in [1.165, 1.54) is 0 Å². The third kappa shape index (κ3) is 3.53. The molecule has 0 spiro atoms. The Balaban J connectivity index is 1.98. The van der Waals surface area contributed by atoms with Crippen molar-refractivity contribution in [1.82, 2.24) is 9.78 Å². The maximum Gasteiger partial charge on any atom is 0.141 e. The van der Waals surface area contributed by atoms with Crippen molar-refractivity contribution in [2.45, 2.75) is 12.8 Å². The number of halogens is 1. The molecule has 0 fully saturated rings. The molecule has 0 unspecified atom stereocenters. The first-order chi connectivity index (χ1) is 8.13. The fourth-order valence-corrected chi connectivity index (χ4v) is 2.17. The van der Waals surface area contributed by atoms with Gasteiger partial charge in [0.05, 0.1) is 6.20 Å². The maximum atomic E-state index is 11.9. The SMILES string of the molecule is Cn1cc(CC(=O)Cc2cccc(Br)c2)cn1. The summed E-state index contributed by atoms with van der Waals surface area (Å²) >= 11 is 3.40. The fourth-order valence-electron chi connectivity index (χ4n) is 1.73. The molecule has 0 aliphatic rings. The first-order valence-corrected chi connectivity index (χ1v) is 6.16. The summed E-state index contributed by atoms with van der Waals surface area (Å²) in [6.07, 6.45) is 4.52. The van der Waals surface area contributed by atoms with Gasteiger partial charge in [-0.3, -0.25) is 9.48 Å². The van der Waals surface area contributed by atoms with E-state index in [2.05, 4.69) is 21.0 Å². The minimum absolute atomic E-state index is 0.205. The van der Waals surface area contributed by atoms with Crippen molar-refractivity contribution in [2.75, 3.05) is 0 Å². The molecule has 0 aliphatic heterocycles. The third-order valence-corrected chi connectivity index (χ3v) is 2.94. The number of ketones is 1. The summed E-state index contributed by atoms with van der Waals surface area (Å²) in [4.78, 5) is 11.9. The zero-order valence-electron chi connectivity index (χ0n) is 9.56. The second kappa shape index (κ2) is 5.27. The normalized spacial score (nSPS) is 10.5. The van der Waals surface area contributed by atoms with Gasteiger partial charge in [-0.15, -0.1) is 0 Å². The molecular weight excluding hydrogens is 280 g/mol. The molecule has 0 atom stereocenters. The summed E-state index contributed by atoms with van der Waals surface area (Å²) in [5, 5.41) is 4.05. The van der Waals surface area contributed by atoms with Gasteiger partial charge in [0.2, 0.25) is 0 Å². The summed E-state index contributed by atoms with van der Waals surface area (Å²) in [7, 11) is 1.85. The van der Waals surface area contributed by atoms with E-state index >= 15 is 0 Å². The largest absolute Gasteiger partial charge is 0.299 e. The van der Waals surface area contributed by atoms with Crippen molar-refractivity contribution in [3.05, 3.63) is 52.3 Å². The van der Waals surface area contributed by atoms with Crippen LogP contribution in [-0.2, 0) is 24.7 Å². The molecule has 0 saturated heterocycles. The lowest BCUT2D eigenvalue weighted by atomic mass is 10.1. The first-order valence-electron chi connectivity index (χ1n) is 5.37. The number of carbonyl (C=O) groups is 1. The highest BCUT2D eigenvalue weighted by Gasteiger charge is 2.06. The summed E-state index contributed by atoms with van der Waals surface area (Å²) in [6.45, 7) is 0. The van der Waals surface area contributed by atoms with Crippen LogP contribution in [0.5, 0.6) is 0 Å². The number of rotatable bonds is 4. The Labute approximate surface area is 109 Å². The summed E-state index contributed by atoms with van der Waals surface area (Å²) in [5.41, 5.74) is 2.00. The molecule has 1 heterocycles. The number of aryl methyl sites for hydroxylation is 1. The quantitative estimate of drug-likeness (QED) is 0.868. The number of Topliss-reactive ketones (excluding diaryl/α,β-unsaturated/α-hetero) is 1. The highest BCUT2D eigenvalue weighted by molar-refractivity contribution is 9.10. The van der Waals surface area contributed by atoms with E-state index in [0.717, 1.165) is 15.6 Å². The van der Waals surface area contributed by atoms with Crippen LogP contribution >= 0.6 is 15.9 Å². The van der Waals surface area contributed by atoms with Crippen LogP contribution in [0.1, 0.15) is 11.1 Å². The van der Waals surface area contributed by atoms with Gasteiger partial charge in [0.1, 0.15) is 5.78 Å². The Morgan fingerprint density at radius 2 is 2.12 bits per heavy atom. The molecule has 1 aromatic heterocycles.